The molecule has 1 aliphatic carbocycles. The summed E-state index contributed by atoms with van der Waals surface area (Å²) in [6.07, 6.45) is 3.04. The smallest absolute Gasteiger partial charge is 0.308 e. The van der Waals surface area contributed by atoms with Crippen LogP contribution in [0.2, 0.25) is 5.02 Å². The number of halogens is 1. The number of amides is 1. The van der Waals surface area contributed by atoms with Crippen molar-refractivity contribution in [1.29, 1.82) is 0 Å². The van der Waals surface area contributed by atoms with E-state index in [0.717, 1.165) is 31.2 Å². The van der Waals surface area contributed by atoms with Gasteiger partial charge in [-0.05, 0) is 49.3 Å². The molecule has 130 valence electrons. The minimum absolute atomic E-state index is 0.0576. The van der Waals surface area contributed by atoms with Crippen molar-refractivity contribution in [3.63, 3.8) is 0 Å². The zero-order valence-electron chi connectivity index (χ0n) is 13.5. The lowest BCUT2D eigenvalue weighted by molar-refractivity contribution is -0.145. The first kappa shape index (κ1) is 17.2. The number of rotatable bonds is 6. The van der Waals surface area contributed by atoms with E-state index in [1.165, 1.54) is 0 Å². The van der Waals surface area contributed by atoms with Gasteiger partial charge in [0.25, 0.3) is 0 Å². The van der Waals surface area contributed by atoms with E-state index in [1.54, 1.807) is 12.1 Å². The highest BCUT2D eigenvalue weighted by Crippen LogP contribution is 2.48. The maximum Gasteiger partial charge on any atom is 0.308 e. The number of aliphatic carboxylic acids is 1. The van der Waals surface area contributed by atoms with Crippen molar-refractivity contribution >= 4 is 23.5 Å². The number of carbonyl (C=O) groups is 2. The van der Waals surface area contributed by atoms with E-state index < -0.39 is 17.3 Å². The third-order valence-electron chi connectivity index (χ3n) is 5.22. The van der Waals surface area contributed by atoms with Gasteiger partial charge in [0.05, 0.1) is 11.3 Å². The fraction of sp³-hybridized carbons (Fsp3) is 0.556. The Morgan fingerprint density at radius 2 is 1.88 bits per heavy atom. The number of carboxylic acid groups (broad SMARTS) is 1. The molecule has 5 nitrogen and oxygen atoms in total. The zero-order chi connectivity index (χ0) is 17.2. The Bertz CT molecular complexity index is 606. The van der Waals surface area contributed by atoms with Crippen molar-refractivity contribution in [3.05, 3.63) is 34.9 Å². The number of carboxylic acids is 1. The van der Waals surface area contributed by atoms with Gasteiger partial charge in [-0.1, -0.05) is 23.7 Å². The second kappa shape index (κ2) is 7.11. The molecule has 2 N–H and O–H groups in total. The molecule has 1 aromatic rings. The first-order valence-corrected chi connectivity index (χ1v) is 8.75. The number of benzene rings is 1. The summed E-state index contributed by atoms with van der Waals surface area (Å²) in [4.78, 5) is 24.2. The summed E-state index contributed by atoms with van der Waals surface area (Å²) in [6, 6.07) is 7.32. The van der Waals surface area contributed by atoms with Crippen molar-refractivity contribution in [1.82, 2.24) is 5.32 Å². The summed E-state index contributed by atoms with van der Waals surface area (Å²) in [5.74, 6) is -1.43. The first-order valence-electron chi connectivity index (χ1n) is 8.38. The van der Waals surface area contributed by atoms with E-state index in [4.69, 9.17) is 16.3 Å². The molecular weight excluding hydrogens is 330 g/mol. The molecule has 3 rings (SSSR count). The number of carbonyl (C=O) groups excluding carboxylic acids is 1. The normalized spacial score (nSPS) is 21.0. The number of ether oxygens (including phenoxy) is 1. The molecule has 1 unspecified atom stereocenters. The van der Waals surface area contributed by atoms with Crippen LogP contribution in [0.15, 0.2) is 24.3 Å². The average Bonchev–Trinajstić information content (AvgIpc) is 3.38. The van der Waals surface area contributed by atoms with Crippen molar-refractivity contribution in [3.8, 4) is 0 Å². The quantitative estimate of drug-likeness (QED) is 0.826. The summed E-state index contributed by atoms with van der Waals surface area (Å²) in [6.45, 7) is 1.36. The second-order valence-electron chi connectivity index (χ2n) is 6.69. The molecule has 2 aliphatic rings. The standard InChI is InChI=1S/C18H22ClNO4/c19-14-3-1-13(2-4-14)18(7-8-18)17(23)20-11-15(16(21)22)12-5-9-24-10-6-12/h1-4,12,15H,5-11H2,(H,20,23)(H,21,22). The molecule has 0 aromatic heterocycles. The molecule has 1 heterocycles. The number of nitrogens with one attached hydrogen (secondary N) is 1. The largest absolute Gasteiger partial charge is 0.481 e. The van der Waals surface area contributed by atoms with E-state index in [9.17, 15) is 14.7 Å². The molecule has 1 aromatic carbocycles. The Morgan fingerprint density at radius 3 is 2.42 bits per heavy atom. The first-order chi connectivity index (χ1) is 11.5. The lowest BCUT2D eigenvalue weighted by Gasteiger charge is -2.28. The zero-order valence-corrected chi connectivity index (χ0v) is 14.2. The minimum atomic E-state index is -0.849. The van der Waals surface area contributed by atoms with Crippen LogP contribution >= 0.6 is 11.6 Å². The molecule has 24 heavy (non-hydrogen) atoms. The SMILES string of the molecule is O=C(O)C(CNC(=O)C1(c2ccc(Cl)cc2)CC1)C1CCOCC1. The summed E-state index contributed by atoms with van der Waals surface area (Å²) >= 11 is 5.91. The number of hydrogen-bond donors (Lipinski definition) is 2. The lowest BCUT2D eigenvalue weighted by atomic mass is 9.85. The highest BCUT2D eigenvalue weighted by molar-refractivity contribution is 6.30. The molecule has 0 bridgehead atoms. The molecule has 1 saturated carbocycles. The van der Waals surface area contributed by atoms with Gasteiger partial charge in [-0.15, -0.1) is 0 Å². The fourth-order valence-corrected chi connectivity index (χ4v) is 3.61. The van der Waals surface area contributed by atoms with E-state index >= 15 is 0 Å². The number of hydrogen-bond acceptors (Lipinski definition) is 3. The van der Waals surface area contributed by atoms with Gasteiger partial charge in [0.15, 0.2) is 0 Å². The third-order valence-corrected chi connectivity index (χ3v) is 5.47. The lowest BCUT2D eigenvalue weighted by Crippen LogP contribution is -2.42. The van der Waals surface area contributed by atoms with Crippen LogP contribution in [-0.4, -0.2) is 36.7 Å². The summed E-state index contributed by atoms with van der Waals surface area (Å²) in [5.41, 5.74) is 0.436. The fourth-order valence-electron chi connectivity index (χ4n) is 3.49. The predicted octanol–water partition coefficient (Wildman–Crippen LogP) is 2.62. The van der Waals surface area contributed by atoms with E-state index in [1.807, 2.05) is 12.1 Å². The van der Waals surface area contributed by atoms with Crippen LogP contribution in [-0.2, 0) is 19.7 Å². The molecule has 2 fully saturated rings. The Kier molecular flexibility index (Phi) is 5.11. The minimum Gasteiger partial charge on any atom is -0.481 e. The molecule has 1 atom stereocenters. The van der Waals surface area contributed by atoms with Crippen molar-refractivity contribution in [2.75, 3.05) is 19.8 Å². The van der Waals surface area contributed by atoms with Crippen LogP contribution in [0.25, 0.3) is 0 Å². The van der Waals surface area contributed by atoms with Gasteiger partial charge in [0.1, 0.15) is 0 Å². The van der Waals surface area contributed by atoms with Crippen LogP contribution in [0.3, 0.4) is 0 Å². The van der Waals surface area contributed by atoms with Gasteiger partial charge in [-0.2, -0.15) is 0 Å². The van der Waals surface area contributed by atoms with Crippen LogP contribution in [0, 0.1) is 11.8 Å². The molecular formula is C18H22ClNO4. The maximum absolute atomic E-state index is 12.7. The van der Waals surface area contributed by atoms with Gasteiger partial charge in [0, 0.05) is 24.8 Å². The van der Waals surface area contributed by atoms with Crippen LogP contribution in [0.1, 0.15) is 31.2 Å². The summed E-state index contributed by atoms with van der Waals surface area (Å²) in [5, 5.41) is 13.0. The third kappa shape index (κ3) is 3.57. The summed E-state index contributed by atoms with van der Waals surface area (Å²) < 4.78 is 5.30. The highest BCUT2D eigenvalue weighted by atomic mass is 35.5. The predicted molar refractivity (Wildman–Crippen MR) is 90.0 cm³/mol. The second-order valence-corrected chi connectivity index (χ2v) is 7.13. The monoisotopic (exact) mass is 351 g/mol. The van der Waals surface area contributed by atoms with E-state index in [2.05, 4.69) is 5.32 Å². The van der Waals surface area contributed by atoms with Crippen LogP contribution < -0.4 is 5.32 Å². The Hall–Kier alpha value is -1.59. The van der Waals surface area contributed by atoms with Gasteiger partial charge in [-0.25, -0.2) is 0 Å². The van der Waals surface area contributed by atoms with Crippen molar-refractivity contribution < 1.29 is 19.4 Å². The van der Waals surface area contributed by atoms with Gasteiger partial charge in [0.2, 0.25) is 5.91 Å². The topological polar surface area (TPSA) is 75.6 Å². The van der Waals surface area contributed by atoms with E-state index in [-0.39, 0.29) is 18.4 Å². The summed E-state index contributed by atoms with van der Waals surface area (Å²) in [7, 11) is 0. The van der Waals surface area contributed by atoms with Gasteiger partial charge < -0.3 is 15.2 Å². The molecule has 6 heteroatoms. The van der Waals surface area contributed by atoms with Crippen LogP contribution in [0.5, 0.6) is 0 Å². The Labute approximate surface area is 146 Å². The Balaban J connectivity index is 1.63. The molecule has 1 aliphatic heterocycles. The maximum atomic E-state index is 12.7. The molecule has 1 amide bonds. The van der Waals surface area contributed by atoms with Crippen LogP contribution in [0.4, 0.5) is 0 Å². The van der Waals surface area contributed by atoms with E-state index in [0.29, 0.717) is 18.2 Å². The highest BCUT2D eigenvalue weighted by Gasteiger charge is 2.51. The van der Waals surface area contributed by atoms with Crippen molar-refractivity contribution in [2.45, 2.75) is 31.1 Å². The van der Waals surface area contributed by atoms with Gasteiger partial charge >= 0.3 is 5.97 Å². The Morgan fingerprint density at radius 1 is 1.25 bits per heavy atom. The molecule has 0 spiro atoms. The van der Waals surface area contributed by atoms with Crippen molar-refractivity contribution in [2.24, 2.45) is 11.8 Å². The average molecular weight is 352 g/mol. The van der Waals surface area contributed by atoms with Gasteiger partial charge in [-0.3, -0.25) is 9.59 Å². The molecule has 0 radical (unpaired) electrons. The molecule has 1 saturated heterocycles.